The Morgan fingerprint density at radius 1 is 1.50 bits per heavy atom. The van der Waals surface area contributed by atoms with Crippen molar-refractivity contribution in [1.29, 1.82) is 0 Å². The number of benzene rings is 1. The van der Waals surface area contributed by atoms with Crippen molar-refractivity contribution in [2.45, 2.75) is 0 Å². The molecule has 0 atom stereocenters. The summed E-state index contributed by atoms with van der Waals surface area (Å²) in [6.07, 6.45) is 0.723. The van der Waals surface area contributed by atoms with E-state index in [2.05, 4.69) is 0 Å². The lowest BCUT2D eigenvalue weighted by molar-refractivity contribution is 0.112. The van der Waals surface area contributed by atoms with E-state index in [1.54, 1.807) is 24.3 Å². The zero-order chi connectivity index (χ0) is 7.40. The molecule has 0 saturated heterocycles. The third kappa shape index (κ3) is 1.33. The fourth-order valence-electron chi connectivity index (χ4n) is 0.682. The van der Waals surface area contributed by atoms with E-state index in [9.17, 15) is 4.79 Å². The highest BCUT2D eigenvalue weighted by atomic mass is 16.5. The number of rotatable bonds is 2. The molecule has 1 rings (SSSR count). The molecule has 1 aromatic carbocycles. The molecule has 0 radical (unpaired) electrons. The van der Waals surface area contributed by atoms with Gasteiger partial charge in [-0.3, -0.25) is 15.5 Å². The highest BCUT2D eigenvalue weighted by Crippen LogP contribution is 2.06. The normalized spacial score (nSPS) is 8.90. The number of nitrogens with one attached hydrogen (secondary N) is 1. The van der Waals surface area contributed by atoms with Gasteiger partial charge in [0.05, 0.1) is 5.69 Å². The standard InChI is InChI=1S/C7H7NO2/c9-5-6-2-1-3-7(4-6)8-10/h1-5,8,10H. The Hall–Kier alpha value is -1.35. The van der Waals surface area contributed by atoms with Crippen molar-refractivity contribution in [3.8, 4) is 0 Å². The largest absolute Gasteiger partial charge is 0.298 e. The van der Waals surface area contributed by atoms with E-state index in [1.165, 1.54) is 0 Å². The Labute approximate surface area is 58.3 Å². The predicted molar refractivity (Wildman–Crippen MR) is 37.2 cm³/mol. The fraction of sp³-hybridized carbons (Fsp3) is 0. The topological polar surface area (TPSA) is 49.3 Å². The highest BCUT2D eigenvalue weighted by molar-refractivity contribution is 5.76. The van der Waals surface area contributed by atoms with Crippen LogP contribution in [0.3, 0.4) is 0 Å². The molecule has 3 heteroatoms. The maximum atomic E-state index is 10.2. The van der Waals surface area contributed by atoms with E-state index in [4.69, 9.17) is 5.21 Å². The van der Waals surface area contributed by atoms with Gasteiger partial charge in [-0.25, -0.2) is 0 Å². The minimum absolute atomic E-state index is 0.518. The summed E-state index contributed by atoms with van der Waals surface area (Å²) in [6, 6.07) is 6.55. The number of carbonyl (C=O) groups excluding carboxylic acids is 1. The lowest BCUT2D eigenvalue weighted by atomic mass is 10.2. The van der Waals surface area contributed by atoms with Gasteiger partial charge in [0.1, 0.15) is 6.29 Å². The third-order valence-corrected chi connectivity index (χ3v) is 1.15. The predicted octanol–water partition coefficient (Wildman–Crippen LogP) is 1.30. The quantitative estimate of drug-likeness (QED) is 0.477. The summed E-state index contributed by atoms with van der Waals surface area (Å²) in [4.78, 5) is 10.2. The van der Waals surface area contributed by atoms with Crippen molar-refractivity contribution in [1.82, 2.24) is 0 Å². The molecule has 2 N–H and O–H groups in total. The van der Waals surface area contributed by atoms with Crippen LogP contribution in [-0.4, -0.2) is 11.5 Å². The average molecular weight is 137 g/mol. The van der Waals surface area contributed by atoms with Crippen molar-refractivity contribution in [2.24, 2.45) is 0 Å². The smallest absolute Gasteiger partial charge is 0.150 e. The molecule has 0 aliphatic heterocycles. The molecule has 0 spiro atoms. The van der Waals surface area contributed by atoms with Gasteiger partial charge >= 0.3 is 0 Å². The van der Waals surface area contributed by atoms with E-state index in [-0.39, 0.29) is 0 Å². The maximum absolute atomic E-state index is 10.2. The molecule has 0 saturated carbocycles. The summed E-state index contributed by atoms with van der Waals surface area (Å²) in [6.45, 7) is 0. The van der Waals surface area contributed by atoms with Gasteiger partial charge in [-0.05, 0) is 12.1 Å². The molecule has 10 heavy (non-hydrogen) atoms. The van der Waals surface area contributed by atoms with Gasteiger partial charge in [0.15, 0.2) is 0 Å². The molecule has 0 aliphatic carbocycles. The van der Waals surface area contributed by atoms with Crippen molar-refractivity contribution in [3.05, 3.63) is 29.8 Å². The van der Waals surface area contributed by atoms with E-state index >= 15 is 0 Å². The first-order chi connectivity index (χ1) is 4.86. The second kappa shape index (κ2) is 2.98. The van der Waals surface area contributed by atoms with Crippen LogP contribution in [0.25, 0.3) is 0 Å². The fourth-order valence-corrected chi connectivity index (χ4v) is 0.682. The van der Waals surface area contributed by atoms with Crippen molar-refractivity contribution in [2.75, 3.05) is 5.48 Å². The van der Waals surface area contributed by atoms with Gasteiger partial charge in [-0.1, -0.05) is 12.1 Å². The van der Waals surface area contributed by atoms with Crippen LogP contribution >= 0.6 is 0 Å². The number of carbonyl (C=O) groups is 1. The highest BCUT2D eigenvalue weighted by Gasteiger charge is 1.90. The minimum atomic E-state index is 0.518. The molecule has 0 aliphatic rings. The molecule has 52 valence electrons. The van der Waals surface area contributed by atoms with Crippen LogP contribution in [-0.2, 0) is 0 Å². The number of aldehydes is 1. The third-order valence-electron chi connectivity index (χ3n) is 1.15. The average Bonchev–Trinajstić information content (AvgIpc) is 2.05. The molecule has 0 unspecified atom stereocenters. The second-order valence-electron chi connectivity index (χ2n) is 1.86. The van der Waals surface area contributed by atoms with Crippen LogP contribution in [0.1, 0.15) is 10.4 Å². The van der Waals surface area contributed by atoms with E-state index < -0.39 is 0 Å². The summed E-state index contributed by atoms with van der Waals surface area (Å²) >= 11 is 0. The lowest BCUT2D eigenvalue weighted by Crippen LogP contribution is -1.89. The lowest BCUT2D eigenvalue weighted by Gasteiger charge is -1.96. The van der Waals surface area contributed by atoms with Crippen LogP contribution in [0.4, 0.5) is 5.69 Å². The van der Waals surface area contributed by atoms with Crippen molar-refractivity contribution >= 4 is 12.0 Å². The van der Waals surface area contributed by atoms with Crippen LogP contribution in [0.15, 0.2) is 24.3 Å². The number of hydrogen-bond donors (Lipinski definition) is 2. The minimum Gasteiger partial charge on any atom is -0.298 e. The monoisotopic (exact) mass is 137 g/mol. The van der Waals surface area contributed by atoms with Crippen molar-refractivity contribution < 1.29 is 10.0 Å². The zero-order valence-corrected chi connectivity index (χ0v) is 5.24. The van der Waals surface area contributed by atoms with Crippen molar-refractivity contribution in [3.63, 3.8) is 0 Å². The van der Waals surface area contributed by atoms with Crippen LogP contribution in [0.5, 0.6) is 0 Å². The van der Waals surface area contributed by atoms with Crippen LogP contribution in [0.2, 0.25) is 0 Å². The van der Waals surface area contributed by atoms with E-state index in [0.29, 0.717) is 11.3 Å². The summed E-state index contributed by atoms with van der Waals surface area (Å²) < 4.78 is 0. The summed E-state index contributed by atoms with van der Waals surface area (Å²) in [7, 11) is 0. The summed E-state index contributed by atoms with van der Waals surface area (Å²) in [5, 5.41) is 8.39. The Morgan fingerprint density at radius 2 is 2.30 bits per heavy atom. The van der Waals surface area contributed by atoms with Gasteiger partial charge in [0, 0.05) is 5.56 Å². The first kappa shape index (κ1) is 6.77. The molecule has 1 aromatic rings. The van der Waals surface area contributed by atoms with E-state index in [0.717, 1.165) is 6.29 Å². The molecular formula is C7H7NO2. The summed E-state index contributed by atoms with van der Waals surface area (Å²) in [5.74, 6) is 0. The van der Waals surface area contributed by atoms with Gasteiger partial charge in [-0.2, -0.15) is 0 Å². The Bertz CT molecular complexity index is 235. The first-order valence-electron chi connectivity index (χ1n) is 2.82. The Kier molecular flexibility index (Phi) is 2.02. The van der Waals surface area contributed by atoms with Gasteiger partial charge in [-0.15, -0.1) is 0 Å². The molecule has 0 aromatic heterocycles. The van der Waals surface area contributed by atoms with Crippen LogP contribution in [0, 0.1) is 0 Å². The van der Waals surface area contributed by atoms with Gasteiger partial charge in [0.25, 0.3) is 0 Å². The second-order valence-corrected chi connectivity index (χ2v) is 1.86. The first-order valence-corrected chi connectivity index (χ1v) is 2.82. The molecule has 0 fully saturated rings. The van der Waals surface area contributed by atoms with E-state index in [1.807, 2.05) is 5.48 Å². The Balaban J connectivity index is 2.98. The molecule has 3 nitrogen and oxygen atoms in total. The SMILES string of the molecule is O=Cc1cccc(NO)c1. The Morgan fingerprint density at radius 3 is 2.90 bits per heavy atom. The van der Waals surface area contributed by atoms with Gasteiger partial charge in [0.2, 0.25) is 0 Å². The molecular weight excluding hydrogens is 130 g/mol. The molecule has 0 heterocycles. The number of hydrogen-bond acceptors (Lipinski definition) is 3. The van der Waals surface area contributed by atoms with Gasteiger partial charge < -0.3 is 0 Å². The zero-order valence-electron chi connectivity index (χ0n) is 5.24. The molecule has 0 bridgehead atoms. The number of anilines is 1. The summed E-state index contributed by atoms with van der Waals surface area (Å²) in [5.41, 5.74) is 3.00. The van der Waals surface area contributed by atoms with Crippen LogP contribution < -0.4 is 5.48 Å². The molecule has 0 amide bonds. The maximum Gasteiger partial charge on any atom is 0.150 e.